The number of nitrogens with zero attached hydrogens (tertiary/aromatic N) is 2. The van der Waals surface area contributed by atoms with E-state index in [0.717, 1.165) is 13.0 Å². The first kappa shape index (κ1) is 15.0. The predicted octanol–water partition coefficient (Wildman–Crippen LogP) is 4.33. The van der Waals surface area contributed by atoms with Crippen LogP contribution in [0.5, 0.6) is 0 Å². The Morgan fingerprint density at radius 3 is 2.24 bits per heavy atom. The van der Waals surface area contributed by atoms with Crippen molar-refractivity contribution in [3.63, 3.8) is 0 Å². The van der Waals surface area contributed by atoms with E-state index in [9.17, 15) is 0 Å². The topological polar surface area (TPSA) is 27.0 Å². The Kier molecular flexibility index (Phi) is 5.75. The molecule has 0 aliphatic carbocycles. The molecule has 2 nitrogen and oxygen atoms in total. The average molecular weight is 276 g/mol. The van der Waals surface area contributed by atoms with Gasteiger partial charge in [-0.1, -0.05) is 66.7 Å². The summed E-state index contributed by atoms with van der Waals surface area (Å²) in [5.74, 6) is 0. The minimum atomic E-state index is 0.184. The van der Waals surface area contributed by atoms with Crippen molar-refractivity contribution in [2.24, 2.45) is 0 Å². The SMILES string of the molecule is C=CCC(c1ccccc1)N(CC#N)Cc1ccccc1. The van der Waals surface area contributed by atoms with Gasteiger partial charge in [0, 0.05) is 12.6 Å². The summed E-state index contributed by atoms with van der Waals surface area (Å²) < 4.78 is 0. The zero-order valence-corrected chi connectivity index (χ0v) is 12.2. The first-order valence-corrected chi connectivity index (χ1v) is 7.16. The maximum Gasteiger partial charge on any atom is 0.0873 e. The third-order valence-electron chi connectivity index (χ3n) is 3.52. The van der Waals surface area contributed by atoms with Crippen molar-refractivity contribution in [1.29, 1.82) is 5.26 Å². The van der Waals surface area contributed by atoms with Crippen LogP contribution in [0.2, 0.25) is 0 Å². The Hall–Kier alpha value is -2.37. The molecule has 0 fully saturated rings. The molecule has 0 N–H and O–H groups in total. The highest BCUT2D eigenvalue weighted by molar-refractivity contribution is 5.21. The van der Waals surface area contributed by atoms with Gasteiger partial charge in [-0.05, 0) is 17.5 Å². The van der Waals surface area contributed by atoms with Crippen molar-refractivity contribution in [3.05, 3.63) is 84.4 Å². The molecule has 2 aromatic carbocycles. The summed E-state index contributed by atoms with van der Waals surface area (Å²) in [5.41, 5.74) is 2.45. The number of hydrogen-bond donors (Lipinski definition) is 0. The van der Waals surface area contributed by atoms with Gasteiger partial charge in [0.05, 0.1) is 12.6 Å². The van der Waals surface area contributed by atoms with Crippen LogP contribution in [0.3, 0.4) is 0 Å². The van der Waals surface area contributed by atoms with E-state index in [-0.39, 0.29) is 6.04 Å². The Morgan fingerprint density at radius 2 is 1.67 bits per heavy atom. The average Bonchev–Trinajstić information content (AvgIpc) is 2.54. The van der Waals surface area contributed by atoms with Crippen molar-refractivity contribution in [1.82, 2.24) is 4.90 Å². The molecule has 0 heterocycles. The first-order chi connectivity index (χ1) is 10.3. The Bertz CT molecular complexity index is 584. The number of rotatable bonds is 7. The van der Waals surface area contributed by atoms with Crippen LogP contribution < -0.4 is 0 Å². The second-order valence-electron chi connectivity index (χ2n) is 5.00. The van der Waals surface area contributed by atoms with Gasteiger partial charge in [0.25, 0.3) is 0 Å². The summed E-state index contributed by atoms with van der Waals surface area (Å²) in [7, 11) is 0. The minimum Gasteiger partial charge on any atom is -0.279 e. The normalized spacial score (nSPS) is 11.8. The fourth-order valence-corrected chi connectivity index (χ4v) is 2.51. The molecule has 0 radical (unpaired) electrons. The maximum atomic E-state index is 9.16. The van der Waals surface area contributed by atoms with E-state index in [1.165, 1.54) is 11.1 Å². The monoisotopic (exact) mass is 276 g/mol. The van der Waals surface area contributed by atoms with Crippen molar-refractivity contribution in [3.8, 4) is 6.07 Å². The highest BCUT2D eigenvalue weighted by Crippen LogP contribution is 2.26. The van der Waals surface area contributed by atoms with Gasteiger partial charge in [-0.25, -0.2) is 0 Å². The van der Waals surface area contributed by atoms with Gasteiger partial charge in [0.1, 0.15) is 0 Å². The molecule has 106 valence electrons. The summed E-state index contributed by atoms with van der Waals surface area (Å²) in [6, 6.07) is 23.1. The quantitative estimate of drug-likeness (QED) is 0.556. The van der Waals surface area contributed by atoms with E-state index in [2.05, 4.69) is 41.8 Å². The standard InChI is InChI=1S/C19H20N2/c1-2-9-19(18-12-7-4-8-13-18)21(15-14-20)16-17-10-5-3-6-11-17/h2-8,10-13,19H,1,9,15-16H2. The van der Waals surface area contributed by atoms with Crippen molar-refractivity contribution < 1.29 is 0 Å². The summed E-state index contributed by atoms with van der Waals surface area (Å²) in [6.45, 7) is 5.04. The van der Waals surface area contributed by atoms with Crippen LogP contribution in [0.1, 0.15) is 23.6 Å². The second-order valence-corrected chi connectivity index (χ2v) is 5.00. The molecular formula is C19H20N2. The molecule has 1 unspecified atom stereocenters. The summed E-state index contributed by atoms with van der Waals surface area (Å²) in [5, 5.41) is 9.16. The highest BCUT2D eigenvalue weighted by Gasteiger charge is 2.19. The smallest absolute Gasteiger partial charge is 0.0873 e. The molecule has 2 heteroatoms. The summed E-state index contributed by atoms with van der Waals surface area (Å²) in [4.78, 5) is 2.20. The lowest BCUT2D eigenvalue weighted by atomic mass is 10.0. The van der Waals surface area contributed by atoms with Crippen molar-refractivity contribution >= 4 is 0 Å². The van der Waals surface area contributed by atoms with E-state index in [1.54, 1.807) is 0 Å². The minimum absolute atomic E-state index is 0.184. The third-order valence-corrected chi connectivity index (χ3v) is 3.52. The molecule has 2 aromatic rings. The fourth-order valence-electron chi connectivity index (χ4n) is 2.51. The first-order valence-electron chi connectivity index (χ1n) is 7.16. The lowest BCUT2D eigenvalue weighted by Crippen LogP contribution is -2.28. The summed E-state index contributed by atoms with van der Waals surface area (Å²) >= 11 is 0. The summed E-state index contributed by atoms with van der Waals surface area (Å²) in [6.07, 6.45) is 2.76. The third kappa shape index (κ3) is 4.30. The molecule has 0 saturated carbocycles. The fraction of sp³-hybridized carbons (Fsp3) is 0.211. The molecule has 21 heavy (non-hydrogen) atoms. The maximum absolute atomic E-state index is 9.16. The van der Waals surface area contributed by atoms with Crippen LogP contribution in [-0.2, 0) is 6.54 Å². The van der Waals surface area contributed by atoms with Gasteiger partial charge in [-0.2, -0.15) is 5.26 Å². The molecule has 0 saturated heterocycles. The largest absolute Gasteiger partial charge is 0.279 e. The molecule has 0 aliphatic rings. The lowest BCUT2D eigenvalue weighted by Gasteiger charge is -2.29. The van der Waals surface area contributed by atoms with Crippen molar-refractivity contribution in [2.75, 3.05) is 6.54 Å². The van der Waals surface area contributed by atoms with E-state index in [0.29, 0.717) is 6.54 Å². The van der Waals surface area contributed by atoms with E-state index in [1.807, 2.05) is 42.5 Å². The van der Waals surface area contributed by atoms with Crippen LogP contribution in [0.15, 0.2) is 73.3 Å². The molecule has 1 atom stereocenters. The number of nitriles is 1. The van der Waals surface area contributed by atoms with Gasteiger partial charge < -0.3 is 0 Å². The highest BCUT2D eigenvalue weighted by atomic mass is 15.1. The second kappa shape index (κ2) is 8.04. The Morgan fingerprint density at radius 1 is 1.05 bits per heavy atom. The lowest BCUT2D eigenvalue weighted by molar-refractivity contribution is 0.214. The van der Waals surface area contributed by atoms with E-state index in [4.69, 9.17) is 5.26 Å². The van der Waals surface area contributed by atoms with Gasteiger partial charge in [-0.15, -0.1) is 6.58 Å². The molecule has 2 rings (SSSR count). The molecule has 0 spiro atoms. The molecule has 0 bridgehead atoms. The Labute approximate surface area is 127 Å². The van der Waals surface area contributed by atoms with E-state index < -0.39 is 0 Å². The zero-order chi connectivity index (χ0) is 14.9. The Balaban J connectivity index is 2.24. The predicted molar refractivity (Wildman–Crippen MR) is 86.5 cm³/mol. The van der Waals surface area contributed by atoms with Crippen LogP contribution in [0.25, 0.3) is 0 Å². The van der Waals surface area contributed by atoms with Crippen LogP contribution in [0, 0.1) is 11.3 Å². The van der Waals surface area contributed by atoms with Crippen molar-refractivity contribution in [2.45, 2.75) is 19.0 Å². The van der Waals surface area contributed by atoms with Crippen LogP contribution in [0.4, 0.5) is 0 Å². The van der Waals surface area contributed by atoms with Gasteiger partial charge >= 0.3 is 0 Å². The van der Waals surface area contributed by atoms with Gasteiger partial charge in [0.2, 0.25) is 0 Å². The van der Waals surface area contributed by atoms with Gasteiger partial charge in [0.15, 0.2) is 0 Å². The van der Waals surface area contributed by atoms with Crippen LogP contribution in [-0.4, -0.2) is 11.4 Å². The molecular weight excluding hydrogens is 256 g/mol. The van der Waals surface area contributed by atoms with Crippen LogP contribution >= 0.6 is 0 Å². The zero-order valence-electron chi connectivity index (χ0n) is 12.2. The molecule has 0 aliphatic heterocycles. The van der Waals surface area contributed by atoms with Gasteiger partial charge in [-0.3, -0.25) is 4.90 Å². The van der Waals surface area contributed by atoms with E-state index >= 15 is 0 Å². The molecule has 0 amide bonds. The molecule has 0 aromatic heterocycles. The number of benzene rings is 2. The number of hydrogen-bond acceptors (Lipinski definition) is 2.